The van der Waals surface area contributed by atoms with Gasteiger partial charge in [-0.05, 0) is 46.5 Å². The van der Waals surface area contributed by atoms with Crippen LogP contribution in [0, 0.1) is 5.82 Å². The van der Waals surface area contributed by atoms with Crippen LogP contribution in [0.5, 0.6) is 0 Å². The van der Waals surface area contributed by atoms with Crippen LogP contribution in [0.2, 0.25) is 0 Å². The van der Waals surface area contributed by atoms with Crippen molar-refractivity contribution in [1.82, 2.24) is 5.32 Å². The number of amides is 1. The smallest absolute Gasteiger partial charge is 0.246 e. The molecule has 0 bridgehead atoms. The first kappa shape index (κ1) is 19.0. The van der Waals surface area contributed by atoms with Gasteiger partial charge in [0.05, 0.1) is 6.61 Å². The van der Waals surface area contributed by atoms with E-state index in [-0.39, 0.29) is 29.8 Å². The quantitative estimate of drug-likeness (QED) is 0.732. The summed E-state index contributed by atoms with van der Waals surface area (Å²) >= 11 is -2.27. The molecule has 0 radical (unpaired) electrons. The maximum absolute atomic E-state index is 12.8. The highest BCUT2D eigenvalue weighted by molar-refractivity contribution is 7.79. The van der Waals surface area contributed by atoms with Crippen molar-refractivity contribution >= 4 is 23.1 Å². The Morgan fingerprint density at radius 1 is 1.24 bits per heavy atom. The number of nitrogens with one attached hydrogen (secondary N) is 1. The SMILES string of the molecule is O=C(COCc1ccc(F)cc1)NCC=Cc1cccc(S(=O)[O-])c1. The Morgan fingerprint density at radius 2 is 2.00 bits per heavy atom. The number of hydrogen-bond donors (Lipinski definition) is 1. The van der Waals surface area contributed by atoms with E-state index in [2.05, 4.69) is 5.32 Å². The number of hydrogen-bond acceptors (Lipinski definition) is 4. The summed E-state index contributed by atoms with van der Waals surface area (Å²) in [6.45, 7) is 0.419. The summed E-state index contributed by atoms with van der Waals surface area (Å²) in [7, 11) is 0. The van der Waals surface area contributed by atoms with Gasteiger partial charge >= 0.3 is 0 Å². The Bertz CT molecular complexity index is 762. The Kier molecular flexibility index (Phi) is 7.46. The molecular weight excluding hydrogens is 345 g/mol. The monoisotopic (exact) mass is 362 g/mol. The van der Waals surface area contributed by atoms with Gasteiger partial charge in [0.25, 0.3) is 0 Å². The second-order valence-electron chi connectivity index (χ2n) is 5.13. The molecule has 1 atom stereocenters. The molecule has 0 saturated heterocycles. The fourth-order valence-electron chi connectivity index (χ4n) is 1.98. The van der Waals surface area contributed by atoms with Crippen molar-refractivity contribution in [2.75, 3.05) is 13.2 Å². The van der Waals surface area contributed by atoms with Crippen molar-refractivity contribution < 1.29 is 22.7 Å². The molecule has 1 N–H and O–H groups in total. The Hall–Kier alpha value is -2.35. The van der Waals surface area contributed by atoms with E-state index in [0.717, 1.165) is 11.1 Å². The minimum atomic E-state index is -2.27. The molecule has 0 saturated carbocycles. The van der Waals surface area contributed by atoms with Crippen LogP contribution in [0.3, 0.4) is 0 Å². The number of halogens is 1. The van der Waals surface area contributed by atoms with Gasteiger partial charge in [0, 0.05) is 11.4 Å². The molecule has 7 heteroatoms. The molecule has 0 aliphatic heterocycles. The number of benzene rings is 2. The maximum Gasteiger partial charge on any atom is 0.246 e. The average Bonchev–Trinajstić information content (AvgIpc) is 2.61. The van der Waals surface area contributed by atoms with E-state index in [9.17, 15) is 17.9 Å². The zero-order valence-corrected chi connectivity index (χ0v) is 14.1. The Labute approximate surface area is 147 Å². The molecular formula is C18H17FNO4S-. The average molecular weight is 362 g/mol. The molecule has 0 aromatic heterocycles. The van der Waals surface area contributed by atoms with Gasteiger partial charge in [0.2, 0.25) is 5.91 Å². The molecule has 2 aromatic rings. The topological polar surface area (TPSA) is 78.5 Å². The molecule has 2 aromatic carbocycles. The summed E-state index contributed by atoms with van der Waals surface area (Å²) < 4.78 is 39.8. The van der Waals surface area contributed by atoms with Crippen LogP contribution >= 0.6 is 0 Å². The third-order valence-electron chi connectivity index (χ3n) is 3.19. The van der Waals surface area contributed by atoms with E-state index in [1.807, 2.05) is 0 Å². The van der Waals surface area contributed by atoms with Crippen molar-refractivity contribution in [3.05, 3.63) is 71.6 Å². The van der Waals surface area contributed by atoms with Crippen LogP contribution in [0.25, 0.3) is 6.08 Å². The van der Waals surface area contributed by atoms with Crippen molar-refractivity contribution in [3.8, 4) is 0 Å². The number of carbonyl (C=O) groups is 1. The molecule has 1 amide bonds. The molecule has 0 spiro atoms. The summed E-state index contributed by atoms with van der Waals surface area (Å²) in [5.41, 5.74) is 1.51. The van der Waals surface area contributed by atoms with Crippen molar-refractivity contribution in [2.24, 2.45) is 0 Å². The maximum atomic E-state index is 12.8. The summed E-state index contributed by atoms with van der Waals surface area (Å²) in [4.78, 5) is 11.8. The van der Waals surface area contributed by atoms with Crippen LogP contribution in [0.15, 0.2) is 59.5 Å². The van der Waals surface area contributed by atoms with Crippen LogP contribution in [-0.2, 0) is 27.2 Å². The second-order valence-corrected chi connectivity index (χ2v) is 6.07. The van der Waals surface area contributed by atoms with Gasteiger partial charge in [-0.15, -0.1) is 0 Å². The molecule has 132 valence electrons. The predicted octanol–water partition coefficient (Wildman–Crippen LogP) is 2.41. The highest BCUT2D eigenvalue weighted by Gasteiger charge is 2.00. The molecule has 0 heterocycles. The van der Waals surface area contributed by atoms with Gasteiger partial charge in [-0.3, -0.25) is 9.00 Å². The van der Waals surface area contributed by atoms with Gasteiger partial charge in [-0.1, -0.05) is 36.4 Å². The number of rotatable bonds is 8. The van der Waals surface area contributed by atoms with Gasteiger partial charge in [0.1, 0.15) is 12.4 Å². The second kappa shape index (κ2) is 9.83. The summed E-state index contributed by atoms with van der Waals surface area (Å²) in [6, 6.07) is 12.3. The van der Waals surface area contributed by atoms with E-state index in [4.69, 9.17) is 4.74 Å². The van der Waals surface area contributed by atoms with Gasteiger partial charge in [-0.25, -0.2) is 4.39 Å². The lowest BCUT2D eigenvalue weighted by atomic mass is 10.2. The van der Waals surface area contributed by atoms with Crippen LogP contribution in [0.4, 0.5) is 4.39 Å². The molecule has 25 heavy (non-hydrogen) atoms. The fraction of sp³-hybridized carbons (Fsp3) is 0.167. The number of carbonyl (C=O) groups excluding carboxylic acids is 1. The van der Waals surface area contributed by atoms with Crippen LogP contribution in [0.1, 0.15) is 11.1 Å². The van der Waals surface area contributed by atoms with Gasteiger partial charge in [-0.2, -0.15) is 0 Å². The van der Waals surface area contributed by atoms with E-state index in [0.29, 0.717) is 6.54 Å². The minimum Gasteiger partial charge on any atom is -0.768 e. The molecule has 5 nitrogen and oxygen atoms in total. The first-order valence-corrected chi connectivity index (χ1v) is 8.57. The van der Waals surface area contributed by atoms with Gasteiger partial charge in [0.15, 0.2) is 0 Å². The van der Waals surface area contributed by atoms with Crippen molar-refractivity contribution in [2.45, 2.75) is 11.5 Å². The van der Waals surface area contributed by atoms with E-state index in [1.54, 1.807) is 36.4 Å². The lowest BCUT2D eigenvalue weighted by molar-refractivity contribution is -0.125. The zero-order valence-electron chi connectivity index (χ0n) is 13.3. The normalized spacial score (nSPS) is 12.2. The standard InChI is InChI=1S/C18H18FNO4S/c19-16-8-6-15(7-9-16)12-24-13-18(21)20-10-2-4-14-3-1-5-17(11-14)25(22)23/h1-9,11H,10,12-13H2,(H,20,21)(H,22,23)/p-1. The first-order valence-electron chi connectivity index (χ1n) is 7.49. The van der Waals surface area contributed by atoms with Crippen LogP contribution < -0.4 is 5.32 Å². The third-order valence-corrected chi connectivity index (χ3v) is 3.83. The fourth-order valence-corrected chi connectivity index (χ4v) is 2.40. The molecule has 0 aliphatic carbocycles. The summed E-state index contributed by atoms with van der Waals surface area (Å²) in [5, 5.41) is 2.65. The first-order chi connectivity index (χ1) is 12.0. The minimum absolute atomic E-state index is 0.101. The molecule has 0 aliphatic rings. The van der Waals surface area contributed by atoms with Gasteiger partial charge < -0.3 is 14.6 Å². The Morgan fingerprint density at radius 3 is 2.72 bits per heavy atom. The van der Waals surface area contributed by atoms with Crippen molar-refractivity contribution in [3.63, 3.8) is 0 Å². The molecule has 1 unspecified atom stereocenters. The van der Waals surface area contributed by atoms with E-state index in [1.165, 1.54) is 24.3 Å². The number of ether oxygens (including phenoxy) is 1. The lowest BCUT2D eigenvalue weighted by Crippen LogP contribution is -2.27. The summed E-state index contributed by atoms with van der Waals surface area (Å²) in [5.74, 6) is -0.596. The van der Waals surface area contributed by atoms with Crippen molar-refractivity contribution in [1.29, 1.82) is 0 Å². The predicted molar refractivity (Wildman–Crippen MR) is 91.7 cm³/mol. The lowest BCUT2D eigenvalue weighted by Gasteiger charge is -2.06. The molecule has 2 rings (SSSR count). The third kappa shape index (κ3) is 6.96. The largest absolute Gasteiger partial charge is 0.768 e. The summed E-state index contributed by atoms with van der Waals surface area (Å²) in [6.07, 6.45) is 3.43. The highest BCUT2D eigenvalue weighted by Crippen LogP contribution is 2.09. The van der Waals surface area contributed by atoms with Crippen LogP contribution in [-0.4, -0.2) is 27.8 Å². The Balaban J connectivity index is 1.68. The molecule has 0 fully saturated rings. The van der Waals surface area contributed by atoms with E-state index < -0.39 is 11.1 Å². The zero-order chi connectivity index (χ0) is 18.1. The van der Waals surface area contributed by atoms with E-state index >= 15 is 0 Å². The highest BCUT2D eigenvalue weighted by atomic mass is 32.2.